The number of aldehydes is 1. The van der Waals surface area contributed by atoms with Gasteiger partial charge in [-0.15, -0.1) is 5.10 Å². The highest BCUT2D eigenvalue weighted by molar-refractivity contribution is 5.73. The highest BCUT2D eigenvalue weighted by Gasteiger charge is 2.35. The van der Waals surface area contributed by atoms with Gasteiger partial charge < -0.3 is 0 Å². The third-order valence-corrected chi connectivity index (χ3v) is 3.80. The number of rotatable bonds is 3. The maximum atomic E-state index is 14.2. The highest BCUT2D eigenvalue weighted by Crippen LogP contribution is 2.39. The molecule has 6 nitrogen and oxygen atoms in total. The molecular formula is C15H12FN5O. The number of hydrogen-bond acceptors (Lipinski definition) is 4. The summed E-state index contributed by atoms with van der Waals surface area (Å²) in [6.07, 6.45) is 2.75. The van der Waals surface area contributed by atoms with E-state index in [2.05, 4.69) is 15.2 Å². The number of halogens is 1. The fraction of sp³-hybridized carbons (Fsp3) is 0.200. The van der Waals surface area contributed by atoms with Crippen molar-refractivity contribution in [1.29, 1.82) is 0 Å². The SMILES string of the molecule is O=Cc1cnn(-c2nc3n(n2)[C@@H](F)C[C@H]3c2ccccc2)c1. The lowest BCUT2D eigenvalue weighted by Crippen LogP contribution is -2.03. The van der Waals surface area contributed by atoms with Crippen LogP contribution in [0.4, 0.5) is 4.39 Å². The maximum Gasteiger partial charge on any atom is 0.269 e. The summed E-state index contributed by atoms with van der Waals surface area (Å²) in [7, 11) is 0. The lowest BCUT2D eigenvalue weighted by Gasteiger charge is -2.07. The Morgan fingerprint density at radius 3 is 2.82 bits per heavy atom. The monoisotopic (exact) mass is 297 g/mol. The van der Waals surface area contributed by atoms with Crippen LogP contribution in [0.15, 0.2) is 42.7 Å². The van der Waals surface area contributed by atoms with Crippen LogP contribution in [0.25, 0.3) is 5.95 Å². The Hall–Kier alpha value is -2.83. The lowest BCUT2D eigenvalue weighted by molar-refractivity contribution is 0.112. The van der Waals surface area contributed by atoms with E-state index in [1.807, 2.05) is 30.3 Å². The molecule has 0 amide bonds. The molecule has 1 aromatic carbocycles. The summed E-state index contributed by atoms with van der Waals surface area (Å²) >= 11 is 0. The minimum atomic E-state index is -1.21. The van der Waals surface area contributed by atoms with Gasteiger partial charge in [0.2, 0.25) is 0 Å². The molecule has 0 fully saturated rings. The number of benzene rings is 1. The van der Waals surface area contributed by atoms with E-state index in [1.54, 1.807) is 0 Å². The van der Waals surface area contributed by atoms with E-state index >= 15 is 0 Å². The highest BCUT2D eigenvalue weighted by atomic mass is 19.1. The average Bonchev–Trinajstić information content (AvgIpc) is 3.24. The standard InChI is InChI=1S/C15H12FN5O/c16-13-6-12(11-4-2-1-3-5-11)14-18-15(19-21(13)14)20-8-10(9-22)7-17-20/h1-5,7-9,12-13H,6H2/t12-,13+/m0/s1. The van der Waals surface area contributed by atoms with Crippen molar-refractivity contribution < 1.29 is 9.18 Å². The van der Waals surface area contributed by atoms with Crippen LogP contribution in [0.1, 0.15) is 40.4 Å². The molecule has 3 heterocycles. The second kappa shape index (κ2) is 4.87. The molecule has 2 aromatic heterocycles. The third kappa shape index (κ3) is 1.93. The van der Waals surface area contributed by atoms with Crippen LogP contribution >= 0.6 is 0 Å². The second-order valence-corrected chi connectivity index (χ2v) is 5.18. The Morgan fingerprint density at radius 2 is 2.09 bits per heavy atom. The van der Waals surface area contributed by atoms with Crippen molar-refractivity contribution in [2.45, 2.75) is 18.6 Å². The van der Waals surface area contributed by atoms with Crippen LogP contribution in [0.5, 0.6) is 0 Å². The summed E-state index contributed by atoms with van der Waals surface area (Å²) in [5.74, 6) is 0.724. The zero-order chi connectivity index (χ0) is 15.1. The topological polar surface area (TPSA) is 65.6 Å². The Balaban J connectivity index is 1.76. The smallest absolute Gasteiger partial charge is 0.269 e. The van der Waals surface area contributed by atoms with E-state index in [0.29, 0.717) is 24.1 Å². The summed E-state index contributed by atoms with van der Waals surface area (Å²) in [5.41, 5.74) is 1.43. The van der Waals surface area contributed by atoms with Gasteiger partial charge >= 0.3 is 0 Å². The fourth-order valence-electron chi connectivity index (χ4n) is 2.74. The van der Waals surface area contributed by atoms with Crippen molar-refractivity contribution in [3.63, 3.8) is 0 Å². The summed E-state index contributed by atoms with van der Waals surface area (Å²) < 4.78 is 16.9. The van der Waals surface area contributed by atoms with Gasteiger partial charge in [0, 0.05) is 18.5 Å². The van der Waals surface area contributed by atoms with E-state index in [0.717, 1.165) is 5.56 Å². The maximum absolute atomic E-state index is 14.2. The van der Waals surface area contributed by atoms with Crippen molar-refractivity contribution in [1.82, 2.24) is 24.5 Å². The first kappa shape index (κ1) is 12.9. The van der Waals surface area contributed by atoms with E-state index in [9.17, 15) is 9.18 Å². The molecule has 1 aliphatic heterocycles. The Kier molecular flexibility index (Phi) is 2.85. The molecule has 0 aliphatic carbocycles. The molecule has 0 spiro atoms. The van der Waals surface area contributed by atoms with E-state index in [1.165, 1.54) is 21.8 Å². The molecule has 0 saturated carbocycles. The van der Waals surface area contributed by atoms with Crippen LogP contribution in [0.3, 0.4) is 0 Å². The molecule has 0 N–H and O–H groups in total. The zero-order valence-corrected chi connectivity index (χ0v) is 11.5. The molecule has 4 rings (SSSR count). The first-order chi connectivity index (χ1) is 10.8. The van der Waals surface area contributed by atoms with Gasteiger partial charge in [0.25, 0.3) is 5.95 Å². The Morgan fingerprint density at radius 1 is 1.27 bits per heavy atom. The molecule has 0 bridgehead atoms. The normalized spacial score (nSPS) is 20.0. The van der Waals surface area contributed by atoms with Gasteiger partial charge in [-0.05, 0) is 5.56 Å². The number of hydrogen-bond donors (Lipinski definition) is 0. The quantitative estimate of drug-likeness (QED) is 0.696. The predicted octanol–water partition coefficient (Wildman–Crippen LogP) is 2.28. The molecule has 22 heavy (non-hydrogen) atoms. The number of carbonyl (C=O) groups excluding carboxylic acids is 1. The molecule has 1 aliphatic rings. The molecule has 2 atom stereocenters. The van der Waals surface area contributed by atoms with E-state index < -0.39 is 6.30 Å². The lowest BCUT2D eigenvalue weighted by atomic mass is 9.97. The zero-order valence-electron chi connectivity index (χ0n) is 11.5. The Labute approximate surface area is 125 Å². The van der Waals surface area contributed by atoms with Gasteiger partial charge in [-0.1, -0.05) is 30.3 Å². The third-order valence-electron chi connectivity index (χ3n) is 3.80. The molecule has 110 valence electrons. The first-order valence-corrected chi connectivity index (χ1v) is 6.92. The van der Waals surface area contributed by atoms with Crippen molar-refractivity contribution in [2.75, 3.05) is 0 Å². The van der Waals surface area contributed by atoms with Gasteiger partial charge in [-0.25, -0.2) is 13.8 Å². The fourth-order valence-corrected chi connectivity index (χ4v) is 2.74. The number of nitrogens with zero attached hydrogens (tertiary/aromatic N) is 5. The summed E-state index contributed by atoms with van der Waals surface area (Å²) in [5, 5.41) is 8.20. The van der Waals surface area contributed by atoms with Gasteiger partial charge in [0.05, 0.1) is 11.8 Å². The van der Waals surface area contributed by atoms with Gasteiger partial charge in [-0.2, -0.15) is 10.1 Å². The first-order valence-electron chi connectivity index (χ1n) is 6.92. The van der Waals surface area contributed by atoms with Gasteiger partial charge in [0.1, 0.15) is 5.82 Å². The summed E-state index contributed by atoms with van der Waals surface area (Å²) in [6.45, 7) is 0. The van der Waals surface area contributed by atoms with Crippen molar-refractivity contribution in [3.05, 3.63) is 59.7 Å². The summed E-state index contributed by atoms with van der Waals surface area (Å²) in [4.78, 5) is 15.1. The second-order valence-electron chi connectivity index (χ2n) is 5.18. The van der Waals surface area contributed by atoms with Crippen molar-refractivity contribution in [2.24, 2.45) is 0 Å². The van der Waals surface area contributed by atoms with Crippen LogP contribution in [0, 0.1) is 0 Å². The van der Waals surface area contributed by atoms with Crippen LogP contribution < -0.4 is 0 Å². The van der Waals surface area contributed by atoms with E-state index in [4.69, 9.17) is 0 Å². The van der Waals surface area contributed by atoms with Crippen molar-refractivity contribution in [3.8, 4) is 5.95 Å². The number of aromatic nitrogens is 5. The average molecular weight is 297 g/mol. The van der Waals surface area contributed by atoms with Gasteiger partial charge in [0.15, 0.2) is 12.6 Å². The largest absolute Gasteiger partial charge is 0.298 e. The van der Waals surface area contributed by atoms with Gasteiger partial charge in [-0.3, -0.25) is 4.79 Å². The minimum absolute atomic E-state index is 0.126. The number of carbonyl (C=O) groups is 1. The number of fused-ring (bicyclic) bond motifs is 1. The molecule has 3 aromatic rings. The number of alkyl halides is 1. The van der Waals surface area contributed by atoms with Crippen LogP contribution in [-0.4, -0.2) is 30.8 Å². The molecule has 0 saturated heterocycles. The van der Waals surface area contributed by atoms with E-state index in [-0.39, 0.29) is 11.9 Å². The Bertz CT molecular complexity index is 826. The van der Waals surface area contributed by atoms with Crippen LogP contribution in [-0.2, 0) is 0 Å². The summed E-state index contributed by atoms with van der Waals surface area (Å²) in [6, 6.07) is 9.69. The predicted molar refractivity (Wildman–Crippen MR) is 75.6 cm³/mol. The molecule has 7 heteroatoms. The molecule has 0 unspecified atom stereocenters. The van der Waals surface area contributed by atoms with Crippen molar-refractivity contribution >= 4 is 6.29 Å². The molecular weight excluding hydrogens is 285 g/mol. The minimum Gasteiger partial charge on any atom is -0.298 e. The van der Waals surface area contributed by atoms with Crippen LogP contribution in [0.2, 0.25) is 0 Å². The molecule has 0 radical (unpaired) electrons.